The van der Waals surface area contributed by atoms with Crippen molar-refractivity contribution < 1.29 is 17.5 Å². The summed E-state index contributed by atoms with van der Waals surface area (Å²) in [5, 5.41) is 0. The second-order valence-electron chi connectivity index (χ2n) is 4.14. The van der Waals surface area contributed by atoms with Crippen LogP contribution in [-0.4, -0.2) is 15.5 Å². The van der Waals surface area contributed by atoms with Gasteiger partial charge in [0.05, 0.1) is 17.3 Å². The molecule has 0 atom stereocenters. The first kappa shape index (κ1) is 15.6. The van der Waals surface area contributed by atoms with Crippen molar-refractivity contribution in [1.29, 1.82) is 0 Å². The fourth-order valence-corrected chi connectivity index (χ4v) is 3.34. The van der Waals surface area contributed by atoms with E-state index in [4.69, 9.17) is 10.5 Å². The predicted molar refractivity (Wildman–Crippen MR) is 82.3 cm³/mol. The minimum atomic E-state index is -3.92. The van der Waals surface area contributed by atoms with Gasteiger partial charge in [-0.25, -0.2) is 12.8 Å². The molecule has 3 N–H and O–H groups in total. The molecule has 0 aromatic heterocycles. The van der Waals surface area contributed by atoms with Gasteiger partial charge in [-0.1, -0.05) is 0 Å². The summed E-state index contributed by atoms with van der Waals surface area (Å²) in [7, 11) is -2.41. The second-order valence-corrected chi connectivity index (χ2v) is 6.64. The molecule has 0 unspecified atom stereocenters. The second kappa shape index (κ2) is 5.90. The number of halogens is 2. The van der Waals surface area contributed by atoms with Crippen LogP contribution in [-0.2, 0) is 10.0 Å². The summed E-state index contributed by atoms with van der Waals surface area (Å²) >= 11 is 2.94. The summed E-state index contributed by atoms with van der Waals surface area (Å²) in [6, 6.07) is 8.39. The van der Waals surface area contributed by atoms with Crippen molar-refractivity contribution in [3.63, 3.8) is 0 Å². The number of anilines is 2. The zero-order valence-corrected chi connectivity index (χ0v) is 13.3. The van der Waals surface area contributed by atoms with E-state index in [1.165, 1.54) is 7.11 Å². The van der Waals surface area contributed by atoms with Crippen molar-refractivity contribution in [3.05, 3.63) is 46.7 Å². The van der Waals surface area contributed by atoms with Crippen molar-refractivity contribution in [3.8, 4) is 5.75 Å². The quantitative estimate of drug-likeness (QED) is 0.806. The first-order chi connectivity index (χ1) is 9.83. The van der Waals surface area contributed by atoms with Gasteiger partial charge in [0.1, 0.15) is 16.5 Å². The number of hydrogen-bond acceptors (Lipinski definition) is 4. The molecule has 0 radical (unpaired) electrons. The number of benzene rings is 2. The van der Waals surface area contributed by atoms with Crippen LogP contribution in [0.15, 0.2) is 45.8 Å². The highest BCUT2D eigenvalue weighted by Crippen LogP contribution is 2.28. The Hall–Kier alpha value is -1.80. The Labute approximate surface area is 130 Å². The number of methoxy groups -OCH3 is 1. The number of nitrogens with two attached hydrogens (primary N) is 1. The van der Waals surface area contributed by atoms with Gasteiger partial charge in [0.15, 0.2) is 0 Å². The lowest BCUT2D eigenvalue weighted by molar-refractivity contribution is 0.415. The van der Waals surface area contributed by atoms with Crippen LogP contribution in [0.1, 0.15) is 0 Å². The predicted octanol–water partition coefficient (Wildman–Crippen LogP) is 2.98. The maximum atomic E-state index is 13.3. The largest absolute Gasteiger partial charge is 0.497 e. The van der Waals surface area contributed by atoms with Crippen molar-refractivity contribution in [1.82, 2.24) is 0 Å². The lowest BCUT2D eigenvalue weighted by atomic mass is 10.3. The molecular formula is C13H12BrFN2O3S. The molecule has 112 valence electrons. The Kier molecular flexibility index (Phi) is 4.38. The smallest absolute Gasteiger partial charge is 0.263 e. The molecule has 0 fully saturated rings. The first-order valence-electron chi connectivity index (χ1n) is 5.75. The highest BCUT2D eigenvalue weighted by molar-refractivity contribution is 9.10. The molecule has 0 aliphatic carbocycles. The lowest BCUT2D eigenvalue weighted by Crippen LogP contribution is -2.15. The van der Waals surface area contributed by atoms with E-state index >= 15 is 0 Å². The summed E-state index contributed by atoms with van der Waals surface area (Å²) in [6.45, 7) is 0. The molecule has 2 aromatic carbocycles. The topological polar surface area (TPSA) is 81.4 Å². The van der Waals surface area contributed by atoms with E-state index < -0.39 is 15.8 Å². The fourth-order valence-electron chi connectivity index (χ4n) is 1.65. The molecule has 0 aliphatic rings. The van der Waals surface area contributed by atoms with Gasteiger partial charge in [-0.3, -0.25) is 4.72 Å². The number of ether oxygens (including phenoxy) is 1. The highest BCUT2D eigenvalue weighted by atomic mass is 79.9. The Morgan fingerprint density at radius 2 is 1.86 bits per heavy atom. The van der Waals surface area contributed by atoms with Crippen LogP contribution in [0.3, 0.4) is 0 Å². The van der Waals surface area contributed by atoms with Gasteiger partial charge in [-0.2, -0.15) is 0 Å². The van der Waals surface area contributed by atoms with Crippen LogP contribution < -0.4 is 15.2 Å². The number of nitrogens with one attached hydrogen (secondary N) is 1. The van der Waals surface area contributed by atoms with Gasteiger partial charge < -0.3 is 10.5 Å². The molecule has 0 heterocycles. The van der Waals surface area contributed by atoms with Crippen LogP contribution >= 0.6 is 15.9 Å². The van der Waals surface area contributed by atoms with Gasteiger partial charge in [-0.05, 0) is 52.3 Å². The Bertz CT molecular complexity index is 764. The third kappa shape index (κ3) is 3.45. The molecule has 21 heavy (non-hydrogen) atoms. The summed E-state index contributed by atoms with van der Waals surface area (Å²) < 4.78 is 45.2. The third-order valence-corrected chi connectivity index (χ3v) is 4.73. The van der Waals surface area contributed by atoms with Gasteiger partial charge in [0.2, 0.25) is 0 Å². The molecule has 5 nitrogen and oxygen atoms in total. The van der Waals surface area contributed by atoms with Crippen molar-refractivity contribution in [2.45, 2.75) is 4.90 Å². The molecule has 2 rings (SSSR count). The van der Waals surface area contributed by atoms with Crippen LogP contribution in [0, 0.1) is 5.82 Å². The summed E-state index contributed by atoms with van der Waals surface area (Å²) in [4.78, 5) is -0.202. The number of rotatable bonds is 4. The molecule has 0 bridgehead atoms. The molecule has 0 amide bonds. The maximum Gasteiger partial charge on any atom is 0.263 e. The van der Waals surface area contributed by atoms with Gasteiger partial charge in [-0.15, -0.1) is 0 Å². The Morgan fingerprint density at radius 1 is 1.24 bits per heavy atom. The zero-order valence-electron chi connectivity index (χ0n) is 10.9. The number of sulfonamides is 1. The van der Waals surface area contributed by atoms with E-state index in [2.05, 4.69) is 20.7 Å². The first-order valence-corrected chi connectivity index (χ1v) is 8.02. The standard InChI is InChI=1S/C13H12BrFN2O3S/c1-20-9-4-2-8(3-5-9)17-21(18,19)13-6-10(14)11(15)7-12(13)16/h2-7,17H,16H2,1H3. The number of hydrogen-bond donors (Lipinski definition) is 2. The van der Waals surface area contributed by atoms with Crippen LogP contribution in [0.2, 0.25) is 0 Å². The van der Waals surface area contributed by atoms with Crippen molar-refractivity contribution >= 4 is 37.3 Å². The van der Waals surface area contributed by atoms with E-state index in [1.54, 1.807) is 24.3 Å². The summed E-state index contributed by atoms with van der Waals surface area (Å²) in [5.74, 6) is -0.0297. The molecule has 8 heteroatoms. The molecule has 0 spiro atoms. The summed E-state index contributed by atoms with van der Waals surface area (Å²) in [6.07, 6.45) is 0. The van der Waals surface area contributed by atoms with E-state index in [0.717, 1.165) is 12.1 Å². The van der Waals surface area contributed by atoms with Crippen LogP contribution in [0.25, 0.3) is 0 Å². The third-order valence-electron chi connectivity index (χ3n) is 2.68. The van der Waals surface area contributed by atoms with E-state index in [0.29, 0.717) is 11.4 Å². The lowest BCUT2D eigenvalue weighted by Gasteiger charge is -2.11. The summed E-state index contributed by atoms with van der Waals surface area (Å²) in [5.41, 5.74) is 5.75. The van der Waals surface area contributed by atoms with Gasteiger partial charge in [0.25, 0.3) is 10.0 Å². The molecule has 0 saturated carbocycles. The van der Waals surface area contributed by atoms with E-state index in [9.17, 15) is 12.8 Å². The molecular weight excluding hydrogens is 363 g/mol. The number of nitrogen functional groups attached to an aromatic ring is 1. The molecule has 0 saturated heterocycles. The zero-order chi connectivity index (χ0) is 15.6. The van der Waals surface area contributed by atoms with Crippen LogP contribution in [0.5, 0.6) is 5.75 Å². The Balaban J connectivity index is 2.35. The minimum absolute atomic E-state index is 0.0202. The monoisotopic (exact) mass is 374 g/mol. The Morgan fingerprint density at radius 3 is 2.43 bits per heavy atom. The van der Waals surface area contributed by atoms with E-state index in [1.807, 2.05) is 0 Å². The van der Waals surface area contributed by atoms with Crippen molar-refractivity contribution in [2.75, 3.05) is 17.6 Å². The van der Waals surface area contributed by atoms with E-state index in [-0.39, 0.29) is 15.1 Å². The average Bonchev–Trinajstić information content (AvgIpc) is 2.43. The van der Waals surface area contributed by atoms with Crippen LogP contribution in [0.4, 0.5) is 15.8 Å². The molecule has 2 aromatic rings. The van der Waals surface area contributed by atoms with Gasteiger partial charge >= 0.3 is 0 Å². The molecule has 0 aliphatic heterocycles. The van der Waals surface area contributed by atoms with Crippen molar-refractivity contribution in [2.24, 2.45) is 0 Å². The maximum absolute atomic E-state index is 13.3. The van der Waals surface area contributed by atoms with Gasteiger partial charge in [0, 0.05) is 5.69 Å². The normalized spacial score (nSPS) is 11.2. The fraction of sp³-hybridized carbons (Fsp3) is 0.0769. The average molecular weight is 375 g/mol. The minimum Gasteiger partial charge on any atom is -0.497 e. The highest BCUT2D eigenvalue weighted by Gasteiger charge is 2.20. The SMILES string of the molecule is COc1ccc(NS(=O)(=O)c2cc(Br)c(F)cc2N)cc1.